The Kier molecular flexibility index (Phi) is 7.35. The average Bonchev–Trinajstić information content (AvgIpc) is 2.50. The lowest BCUT2D eigenvalue weighted by Crippen LogP contribution is -2.32. The summed E-state index contributed by atoms with van der Waals surface area (Å²) in [5.41, 5.74) is 2.66. The van der Waals surface area contributed by atoms with Crippen molar-refractivity contribution < 1.29 is 18.4 Å². The molecular weight excluding hydrogens is 292 g/mol. The standard InChI is InChI=1S/C14H22N2O4S/c1-16(21(19,20)12-10-14(17)15-18)11-6-5-9-13-7-3-2-4-8-13/h2-4,7-8,18H,5-6,9-12H2,1H3,(H,15,17). The largest absolute Gasteiger partial charge is 0.289 e. The monoisotopic (exact) mass is 314 g/mol. The van der Waals surface area contributed by atoms with Gasteiger partial charge in [0, 0.05) is 20.0 Å². The molecule has 0 heterocycles. The van der Waals surface area contributed by atoms with Crippen molar-refractivity contribution in [1.82, 2.24) is 9.79 Å². The van der Waals surface area contributed by atoms with Crippen molar-refractivity contribution in [3.63, 3.8) is 0 Å². The highest BCUT2D eigenvalue weighted by molar-refractivity contribution is 7.89. The minimum Gasteiger partial charge on any atom is -0.289 e. The minimum atomic E-state index is -3.45. The van der Waals surface area contributed by atoms with E-state index >= 15 is 0 Å². The Labute approximate surface area is 125 Å². The van der Waals surface area contributed by atoms with Crippen molar-refractivity contribution in [2.24, 2.45) is 0 Å². The van der Waals surface area contributed by atoms with E-state index in [2.05, 4.69) is 0 Å². The van der Waals surface area contributed by atoms with Gasteiger partial charge >= 0.3 is 0 Å². The zero-order valence-corrected chi connectivity index (χ0v) is 13.0. The lowest BCUT2D eigenvalue weighted by molar-refractivity contribution is -0.128. The van der Waals surface area contributed by atoms with Crippen LogP contribution >= 0.6 is 0 Å². The van der Waals surface area contributed by atoms with Gasteiger partial charge in [-0.25, -0.2) is 18.2 Å². The van der Waals surface area contributed by atoms with Crippen molar-refractivity contribution >= 4 is 15.9 Å². The Morgan fingerprint density at radius 3 is 2.52 bits per heavy atom. The number of unbranched alkanes of at least 4 members (excludes halogenated alkanes) is 1. The Morgan fingerprint density at radius 2 is 1.90 bits per heavy atom. The normalized spacial score (nSPS) is 11.6. The van der Waals surface area contributed by atoms with Crippen LogP contribution < -0.4 is 5.48 Å². The van der Waals surface area contributed by atoms with Gasteiger partial charge in [0.25, 0.3) is 0 Å². The second-order valence-corrected chi connectivity index (χ2v) is 7.06. The van der Waals surface area contributed by atoms with Gasteiger partial charge in [0.05, 0.1) is 5.75 Å². The molecule has 0 spiro atoms. The molecule has 6 nitrogen and oxygen atoms in total. The van der Waals surface area contributed by atoms with Crippen LogP contribution in [0.15, 0.2) is 30.3 Å². The Hall–Kier alpha value is -1.44. The van der Waals surface area contributed by atoms with E-state index < -0.39 is 15.9 Å². The smallest absolute Gasteiger partial charge is 0.244 e. The summed E-state index contributed by atoms with van der Waals surface area (Å²) in [4.78, 5) is 10.9. The number of carbonyl (C=O) groups is 1. The number of benzene rings is 1. The van der Waals surface area contributed by atoms with Crippen LogP contribution in [0, 0.1) is 0 Å². The van der Waals surface area contributed by atoms with Crippen LogP contribution in [-0.2, 0) is 21.2 Å². The zero-order valence-electron chi connectivity index (χ0n) is 12.2. The predicted molar refractivity (Wildman–Crippen MR) is 80.3 cm³/mol. The van der Waals surface area contributed by atoms with Crippen molar-refractivity contribution in [3.8, 4) is 0 Å². The second-order valence-electron chi connectivity index (χ2n) is 4.87. The van der Waals surface area contributed by atoms with Crippen LogP contribution in [0.25, 0.3) is 0 Å². The van der Waals surface area contributed by atoms with E-state index in [0.29, 0.717) is 6.54 Å². The summed E-state index contributed by atoms with van der Waals surface area (Å²) >= 11 is 0. The van der Waals surface area contributed by atoms with Crippen LogP contribution in [0.1, 0.15) is 24.8 Å². The number of hydrogen-bond acceptors (Lipinski definition) is 4. The third-order valence-corrected chi connectivity index (χ3v) is 5.07. The highest BCUT2D eigenvalue weighted by Gasteiger charge is 2.18. The molecule has 0 saturated heterocycles. The predicted octanol–water partition coefficient (Wildman–Crippen LogP) is 1.17. The molecule has 7 heteroatoms. The number of carbonyl (C=O) groups excluding carboxylic acids is 1. The first-order valence-electron chi connectivity index (χ1n) is 6.86. The Bertz CT molecular complexity index is 531. The SMILES string of the molecule is CN(CCCCc1ccccc1)S(=O)(=O)CCC(=O)NO. The fourth-order valence-electron chi connectivity index (χ4n) is 1.88. The lowest BCUT2D eigenvalue weighted by atomic mass is 10.1. The minimum absolute atomic E-state index is 0.243. The number of hydrogen-bond donors (Lipinski definition) is 2. The molecule has 21 heavy (non-hydrogen) atoms. The number of aryl methyl sites for hydroxylation is 1. The summed E-state index contributed by atoms with van der Waals surface area (Å²) in [6.07, 6.45) is 2.34. The van der Waals surface area contributed by atoms with E-state index in [4.69, 9.17) is 5.21 Å². The van der Waals surface area contributed by atoms with Gasteiger partial charge < -0.3 is 0 Å². The molecule has 2 N–H and O–H groups in total. The molecule has 0 aliphatic rings. The van der Waals surface area contributed by atoms with Gasteiger partial charge in [-0.3, -0.25) is 10.0 Å². The first-order chi connectivity index (χ1) is 9.95. The number of rotatable bonds is 9. The maximum Gasteiger partial charge on any atom is 0.244 e. The molecule has 0 radical (unpaired) electrons. The van der Waals surface area contributed by atoms with Gasteiger partial charge in [0.1, 0.15) is 0 Å². The van der Waals surface area contributed by atoms with Crippen molar-refractivity contribution in [2.45, 2.75) is 25.7 Å². The van der Waals surface area contributed by atoms with Crippen LogP contribution in [0.3, 0.4) is 0 Å². The summed E-state index contributed by atoms with van der Waals surface area (Å²) in [5.74, 6) is -0.995. The number of hydroxylamine groups is 1. The van der Waals surface area contributed by atoms with E-state index in [1.165, 1.54) is 22.4 Å². The van der Waals surface area contributed by atoms with Crippen molar-refractivity contribution in [1.29, 1.82) is 0 Å². The molecule has 1 amide bonds. The van der Waals surface area contributed by atoms with Crippen LogP contribution in [0.2, 0.25) is 0 Å². The first-order valence-corrected chi connectivity index (χ1v) is 8.47. The van der Waals surface area contributed by atoms with Crippen LogP contribution in [-0.4, -0.2) is 43.2 Å². The van der Waals surface area contributed by atoms with Gasteiger partial charge in [-0.05, 0) is 24.8 Å². The topological polar surface area (TPSA) is 86.7 Å². The van der Waals surface area contributed by atoms with Gasteiger partial charge in [-0.2, -0.15) is 0 Å². The Balaban J connectivity index is 2.29. The number of nitrogens with one attached hydrogen (secondary N) is 1. The fraction of sp³-hybridized carbons (Fsp3) is 0.500. The number of nitrogens with zero attached hydrogens (tertiary/aromatic N) is 1. The van der Waals surface area contributed by atoms with E-state index in [9.17, 15) is 13.2 Å². The third kappa shape index (κ3) is 6.70. The van der Waals surface area contributed by atoms with E-state index in [1.807, 2.05) is 30.3 Å². The molecule has 0 atom stereocenters. The number of sulfonamides is 1. The molecule has 0 aliphatic heterocycles. The maximum atomic E-state index is 11.9. The van der Waals surface area contributed by atoms with Gasteiger partial charge in [0.15, 0.2) is 0 Å². The molecule has 0 fully saturated rings. The fourth-order valence-corrected chi connectivity index (χ4v) is 3.04. The maximum absolute atomic E-state index is 11.9. The van der Waals surface area contributed by atoms with Crippen molar-refractivity contribution in [2.75, 3.05) is 19.3 Å². The summed E-state index contributed by atoms with van der Waals surface area (Å²) in [7, 11) is -1.94. The molecule has 118 valence electrons. The molecule has 1 aromatic carbocycles. The van der Waals surface area contributed by atoms with Gasteiger partial charge in [-0.15, -0.1) is 0 Å². The summed E-state index contributed by atoms with van der Waals surface area (Å²) in [6.45, 7) is 0.426. The average molecular weight is 314 g/mol. The second kappa shape index (κ2) is 8.76. The highest BCUT2D eigenvalue weighted by Crippen LogP contribution is 2.07. The van der Waals surface area contributed by atoms with Crippen LogP contribution in [0.4, 0.5) is 0 Å². The molecule has 1 rings (SSSR count). The zero-order chi connectivity index (χ0) is 15.7. The molecule has 0 saturated carbocycles. The molecular formula is C14H22N2O4S. The van der Waals surface area contributed by atoms with Gasteiger partial charge in [0.2, 0.25) is 15.9 Å². The Morgan fingerprint density at radius 1 is 1.24 bits per heavy atom. The molecule has 0 bridgehead atoms. The summed E-state index contributed by atoms with van der Waals surface area (Å²) in [5, 5.41) is 8.34. The summed E-state index contributed by atoms with van der Waals surface area (Å²) < 4.78 is 25.0. The lowest BCUT2D eigenvalue weighted by Gasteiger charge is -2.16. The first kappa shape index (κ1) is 17.6. The molecule has 0 unspecified atom stereocenters. The van der Waals surface area contributed by atoms with Crippen molar-refractivity contribution in [3.05, 3.63) is 35.9 Å². The molecule has 0 aromatic heterocycles. The third-order valence-electron chi connectivity index (χ3n) is 3.22. The quantitative estimate of drug-likeness (QED) is 0.407. The van der Waals surface area contributed by atoms with E-state index in [0.717, 1.165) is 19.3 Å². The van der Waals surface area contributed by atoms with E-state index in [-0.39, 0.29) is 12.2 Å². The van der Waals surface area contributed by atoms with E-state index in [1.54, 1.807) is 0 Å². The summed E-state index contributed by atoms with van der Waals surface area (Å²) in [6, 6.07) is 10.0. The highest BCUT2D eigenvalue weighted by atomic mass is 32.2. The number of amides is 1. The molecule has 0 aliphatic carbocycles. The van der Waals surface area contributed by atoms with Crippen LogP contribution in [0.5, 0.6) is 0 Å². The van der Waals surface area contributed by atoms with Gasteiger partial charge in [-0.1, -0.05) is 30.3 Å². The molecule has 1 aromatic rings.